The first kappa shape index (κ1) is 16.9. The average molecular weight is 314 g/mol. The lowest BCUT2D eigenvalue weighted by Crippen LogP contribution is -1.90. The smallest absolute Gasteiger partial charge is 0.123 e. The van der Waals surface area contributed by atoms with Gasteiger partial charge < -0.3 is 0 Å². The normalized spacial score (nSPS) is 12.0. The van der Waals surface area contributed by atoms with Gasteiger partial charge in [-0.2, -0.15) is 0 Å². The SMILES string of the molecule is CCP(CC)/C(F)=C/C(=C(C)C)c1cccc2ccccc12. The van der Waals surface area contributed by atoms with Crippen LogP contribution in [-0.2, 0) is 0 Å². The Kier molecular flexibility index (Phi) is 5.91. The van der Waals surface area contributed by atoms with Crippen LogP contribution in [0.2, 0.25) is 0 Å². The minimum Gasteiger partial charge on any atom is -0.207 e. The Morgan fingerprint density at radius 3 is 2.27 bits per heavy atom. The lowest BCUT2D eigenvalue weighted by atomic mass is 9.95. The molecular formula is C20H24FP. The number of allylic oxidation sites excluding steroid dienone is 3. The first-order valence-electron chi connectivity index (χ1n) is 7.86. The lowest BCUT2D eigenvalue weighted by molar-refractivity contribution is 0.694. The van der Waals surface area contributed by atoms with Gasteiger partial charge in [0, 0.05) is 0 Å². The zero-order valence-electron chi connectivity index (χ0n) is 13.9. The van der Waals surface area contributed by atoms with Gasteiger partial charge in [-0.25, -0.2) is 4.39 Å². The molecule has 0 nitrogen and oxygen atoms in total. The molecule has 2 aromatic carbocycles. The van der Waals surface area contributed by atoms with E-state index in [0.717, 1.165) is 29.0 Å². The Morgan fingerprint density at radius 1 is 1.00 bits per heavy atom. The Bertz CT molecular complexity index is 699. The van der Waals surface area contributed by atoms with Crippen LogP contribution in [0, 0.1) is 0 Å². The summed E-state index contributed by atoms with van der Waals surface area (Å²) in [4.78, 5) is 0. The van der Waals surface area contributed by atoms with Crippen LogP contribution >= 0.6 is 7.92 Å². The fourth-order valence-corrected chi connectivity index (χ4v) is 4.05. The summed E-state index contributed by atoms with van der Waals surface area (Å²) in [6, 6.07) is 14.5. The number of fused-ring (bicyclic) bond motifs is 1. The molecule has 0 saturated heterocycles. The molecule has 0 aliphatic heterocycles. The monoisotopic (exact) mass is 314 g/mol. The summed E-state index contributed by atoms with van der Waals surface area (Å²) in [5.74, 6) is 0. The van der Waals surface area contributed by atoms with Crippen molar-refractivity contribution in [2.24, 2.45) is 0 Å². The van der Waals surface area contributed by atoms with Crippen LogP contribution in [0.5, 0.6) is 0 Å². The highest BCUT2D eigenvalue weighted by molar-refractivity contribution is 7.61. The topological polar surface area (TPSA) is 0 Å². The van der Waals surface area contributed by atoms with E-state index in [2.05, 4.69) is 58.0 Å². The molecule has 2 heteroatoms. The van der Waals surface area contributed by atoms with Gasteiger partial charge in [0.15, 0.2) is 0 Å². The fraction of sp³-hybridized carbons (Fsp3) is 0.300. The molecule has 0 spiro atoms. The molecule has 0 unspecified atom stereocenters. The number of halogens is 1. The molecule has 2 rings (SSSR count). The third-order valence-corrected chi connectivity index (χ3v) is 6.21. The van der Waals surface area contributed by atoms with Crippen molar-refractivity contribution >= 4 is 24.3 Å². The van der Waals surface area contributed by atoms with Crippen molar-refractivity contribution in [2.75, 3.05) is 12.3 Å². The van der Waals surface area contributed by atoms with Crippen molar-refractivity contribution in [1.82, 2.24) is 0 Å². The van der Waals surface area contributed by atoms with E-state index >= 15 is 0 Å². The number of hydrogen-bond donors (Lipinski definition) is 0. The van der Waals surface area contributed by atoms with Gasteiger partial charge in [-0.3, -0.25) is 0 Å². The summed E-state index contributed by atoms with van der Waals surface area (Å²) >= 11 is 0. The molecule has 2 aromatic rings. The molecule has 0 fully saturated rings. The van der Waals surface area contributed by atoms with Gasteiger partial charge in [-0.05, 0) is 62.1 Å². The third-order valence-electron chi connectivity index (χ3n) is 3.95. The minimum atomic E-state index is -0.648. The van der Waals surface area contributed by atoms with Gasteiger partial charge in [0.05, 0.1) is 0 Å². The van der Waals surface area contributed by atoms with Crippen molar-refractivity contribution in [1.29, 1.82) is 0 Å². The van der Waals surface area contributed by atoms with Gasteiger partial charge in [0.1, 0.15) is 5.57 Å². The highest BCUT2D eigenvalue weighted by Gasteiger charge is 2.12. The zero-order valence-corrected chi connectivity index (χ0v) is 14.8. The Hall–Kier alpha value is -1.46. The van der Waals surface area contributed by atoms with Crippen molar-refractivity contribution in [3.8, 4) is 0 Å². The fourth-order valence-electron chi connectivity index (χ4n) is 2.69. The summed E-state index contributed by atoms with van der Waals surface area (Å²) in [6.07, 6.45) is 3.58. The standard InChI is InChI=1S/C20H24FP/c1-5-22(6-2)20(21)14-19(15(3)4)18-13-9-11-16-10-7-8-12-17(16)18/h7-14H,5-6H2,1-4H3/b20-14+. The number of rotatable bonds is 5. The predicted octanol–water partition coefficient (Wildman–Crippen LogP) is 6.97. The number of benzene rings is 2. The van der Waals surface area contributed by atoms with Crippen LogP contribution in [0.15, 0.2) is 59.7 Å². The Balaban J connectivity index is 2.58. The third kappa shape index (κ3) is 3.65. The molecule has 0 amide bonds. The maximum absolute atomic E-state index is 14.6. The molecule has 0 radical (unpaired) electrons. The van der Waals surface area contributed by atoms with E-state index in [4.69, 9.17) is 0 Å². The molecule has 0 heterocycles. The molecule has 0 aliphatic rings. The van der Waals surface area contributed by atoms with Gasteiger partial charge in [-0.1, -0.05) is 61.9 Å². The van der Waals surface area contributed by atoms with E-state index in [-0.39, 0.29) is 5.57 Å². The van der Waals surface area contributed by atoms with Crippen LogP contribution in [0.1, 0.15) is 33.3 Å². The first-order valence-corrected chi connectivity index (χ1v) is 9.57. The predicted molar refractivity (Wildman–Crippen MR) is 99.4 cm³/mol. The summed E-state index contributed by atoms with van der Waals surface area (Å²) in [7, 11) is -0.648. The molecule has 0 atom stereocenters. The van der Waals surface area contributed by atoms with Crippen LogP contribution in [0.3, 0.4) is 0 Å². The maximum atomic E-state index is 14.6. The van der Waals surface area contributed by atoms with Gasteiger partial charge in [-0.15, -0.1) is 0 Å². The Morgan fingerprint density at radius 2 is 1.64 bits per heavy atom. The van der Waals surface area contributed by atoms with Gasteiger partial charge in [0.25, 0.3) is 0 Å². The largest absolute Gasteiger partial charge is 0.207 e. The maximum Gasteiger partial charge on any atom is 0.123 e. The van der Waals surface area contributed by atoms with Crippen molar-refractivity contribution in [3.63, 3.8) is 0 Å². The van der Waals surface area contributed by atoms with Crippen molar-refractivity contribution < 1.29 is 4.39 Å². The molecule has 22 heavy (non-hydrogen) atoms. The van der Waals surface area contributed by atoms with Crippen LogP contribution in [-0.4, -0.2) is 12.3 Å². The lowest BCUT2D eigenvalue weighted by Gasteiger charge is -2.14. The second-order valence-electron chi connectivity index (χ2n) is 5.58. The van der Waals surface area contributed by atoms with E-state index in [1.54, 1.807) is 6.08 Å². The highest BCUT2D eigenvalue weighted by atomic mass is 31.1. The van der Waals surface area contributed by atoms with E-state index < -0.39 is 7.92 Å². The van der Waals surface area contributed by atoms with Crippen LogP contribution in [0.25, 0.3) is 16.3 Å². The highest BCUT2D eigenvalue weighted by Crippen LogP contribution is 2.46. The molecular weight excluding hydrogens is 290 g/mol. The second kappa shape index (κ2) is 7.70. The van der Waals surface area contributed by atoms with Crippen molar-refractivity contribution in [2.45, 2.75) is 27.7 Å². The van der Waals surface area contributed by atoms with Gasteiger partial charge in [0.2, 0.25) is 0 Å². The van der Waals surface area contributed by atoms with Gasteiger partial charge >= 0.3 is 0 Å². The molecule has 0 bridgehead atoms. The Labute approximate surface area is 134 Å². The molecule has 116 valence electrons. The van der Waals surface area contributed by atoms with E-state index in [0.29, 0.717) is 0 Å². The van der Waals surface area contributed by atoms with E-state index in [1.165, 1.54) is 10.8 Å². The minimum absolute atomic E-state index is 0.0594. The van der Waals surface area contributed by atoms with Crippen LogP contribution < -0.4 is 0 Å². The van der Waals surface area contributed by atoms with E-state index in [9.17, 15) is 4.39 Å². The summed E-state index contributed by atoms with van der Waals surface area (Å²) < 4.78 is 14.6. The second-order valence-corrected chi connectivity index (χ2v) is 8.35. The molecule has 0 N–H and O–H groups in total. The molecule has 0 saturated carbocycles. The quantitative estimate of drug-likeness (QED) is 0.413. The van der Waals surface area contributed by atoms with Crippen LogP contribution in [0.4, 0.5) is 4.39 Å². The zero-order chi connectivity index (χ0) is 16.1. The first-order chi connectivity index (χ1) is 10.6. The summed E-state index contributed by atoms with van der Waals surface area (Å²) in [5, 5.41) is 2.38. The average Bonchev–Trinajstić information content (AvgIpc) is 2.53. The van der Waals surface area contributed by atoms with Crippen molar-refractivity contribution in [3.05, 3.63) is 65.2 Å². The summed E-state index contributed by atoms with van der Waals surface area (Å²) in [5.41, 5.74) is 3.34. The van der Waals surface area contributed by atoms with E-state index in [1.807, 2.05) is 12.1 Å². The molecule has 0 aromatic heterocycles. The molecule has 0 aliphatic carbocycles. The summed E-state index contributed by atoms with van der Waals surface area (Å²) in [6.45, 7) is 8.26. The number of hydrogen-bond acceptors (Lipinski definition) is 0.